The van der Waals surface area contributed by atoms with Gasteiger partial charge in [-0.2, -0.15) is 5.10 Å². The van der Waals surface area contributed by atoms with Crippen LogP contribution in [-0.2, 0) is 16.0 Å². The van der Waals surface area contributed by atoms with Gasteiger partial charge in [-0.15, -0.1) is 0 Å². The van der Waals surface area contributed by atoms with Gasteiger partial charge >= 0.3 is 5.97 Å². The highest BCUT2D eigenvalue weighted by Gasteiger charge is 2.21. The summed E-state index contributed by atoms with van der Waals surface area (Å²) in [5.74, 6) is 0.466. The lowest BCUT2D eigenvalue weighted by Crippen LogP contribution is -2.09. The summed E-state index contributed by atoms with van der Waals surface area (Å²) in [6.07, 6.45) is 1.92. The van der Waals surface area contributed by atoms with Crippen LogP contribution in [0.3, 0.4) is 0 Å². The Labute approximate surface area is 140 Å². The standard InChI is InChI=1S/C19H19N3O2/c1-3-24-18(23)13-16-14(2)21-22(17-11-7-8-12-20-17)19(16)15-9-5-4-6-10-15/h4-12H,3,13H2,1-2H3. The molecule has 0 radical (unpaired) electrons. The predicted octanol–water partition coefficient (Wildman–Crippen LogP) is 3.35. The number of pyridine rings is 1. The number of hydrogen-bond acceptors (Lipinski definition) is 4. The largest absolute Gasteiger partial charge is 0.466 e. The van der Waals surface area contributed by atoms with E-state index in [4.69, 9.17) is 4.74 Å². The van der Waals surface area contributed by atoms with E-state index in [9.17, 15) is 4.79 Å². The lowest BCUT2D eigenvalue weighted by atomic mass is 10.0. The molecular weight excluding hydrogens is 302 g/mol. The fourth-order valence-corrected chi connectivity index (χ4v) is 2.66. The molecule has 24 heavy (non-hydrogen) atoms. The quantitative estimate of drug-likeness (QED) is 0.676. The molecule has 0 amide bonds. The molecule has 5 nitrogen and oxygen atoms in total. The van der Waals surface area contributed by atoms with Crippen LogP contribution in [0.1, 0.15) is 18.2 Å². The van der Waals surface area contributed by atoms with Crippen molar-refractivity contribution in [1.29, 1.82) is 0 Å². The molecule has 0 unspecified atom stereocenters. The Kier molecular flexibility index (Phi) is 4.70. The third kappa shape index (κ3) is 3.20. The molecule has 0 spiro atoms. The molecule has 2 heterocycles. The SMILES string of the molecule is CCOC(=O)Cc1c(C)nn(-c2ccccn2)c1-c1ccccc1. The van der Waals surface area contributed by atoms with E-state index < -0.39 is 0 Å². The average Bonchev–Trinajstić information content (AvgIpc) is 2.93. The number of carbonyl (C=O) groups is 1. The molecule has 0 aliphatic heterocycles. The zero-order chi connectivity index (χ0) is 16.9. The topological polar surface area (TPSA) is 57.0 Å². The third-order valence-electron chi connectivity index (χ3n) is 3.72. The van der Waals surface area contributed by atoms with Crippen LogP contribution in [0.4, 0.5) is 0 Å². The molecule has 1 aromatic carbocycles. The first-order valence-corrected chi connectivity index (χ1v) is 7.91. The van der Waals surface area contributed by atoms with E-state index in [-0.39, 0.29) is 12.4 Å². The maximum absolute atomic E-state index is 12.0. The van der Waals surface area contributed by atoms with Gasteiger partial charge in [-0.1, -0.05) is 36.4 Å². The Morgan fingerprint density at radius 1 is 1.12 bits per heavy atom. The lowest BCUT2D eigenvalue weighted by Gasteiger charge is -2.09. The van der Waals surface area contributed by atoms with Gasteiger partial charge in [-0.25, -0.2) is 9.67 Å². The number of hydrogen-bond donors (Lipinski definition) is 0. The maximum atomic E-state index is 12.0. The van der Waals surface area contributed by atoms with Gasteiger partial charge in [0.1, 0.15) is 0 Å². The second kappa shape index (κ2) is 7.08. The van der Waals surface area contributed by atoms with Gasteiger partial charge < -0.3 is 4.74 Å². The maximum Gasteiger partial charge on any atom is 0.310 e. The average molecular weight is 321 g/mol. The van der Waals surface area contributed by atoms with Crippen molar-refractivity contribution in [3.05, 3.63) is 66.0 Å². The monoisotopic (exact) mass is 321 g/mol. The molecule has 0 aliphatic rings. The Balaban J connectivity index is 2.15. The van der Waals surface area contributed by atoms with Crippen molar-refractivity contribution in [2.24, 2.45) is 0 Å². The summed E-state index contributed by atoms with van der Waals surface area (Å²) >= 11 is 0. The number of esters is 1. The van der Waals surface area contributed by atoms with Crippen molar-refractivity contribution in [2.75, 3.05) is 6.61 Å². The molecule has 0 saturated heterocycles. The van der Waals surface area contributed by atoms with Crippen LogP contribution in [0.25, 0.3) is 17.1 Å². The van der Waals surface area contributed by atoms with Crippen molar-refractivity contribution < 1.29 is 9.53 Å². The Bertz CT molecular complexity index is 827. The predicted molar refractivity (Wildman–Crippen MR) is 91.9 cm³/mol. The van der Waals surface area contributed by atoms with Gasteiger partial charge in [0, 0.05) is 17.3 Å². The molecule has 0 N–H and O–H groups in total. The van der Waals surface area contributed by atoms with Crippen molar-refractivity contribution >= 4 is 5.97 Å². The lowest BCUT2D eigenvalue weighted by molar-refractivity contribution is -0.142. The van der Waals surface area contributed by atoms with Crippen LogP contribution in [0, 0.1) is 6.92 Å². The van der Waals surface area contributed by atoms with Gasteiger partial charge in [-0.3, -0.25) is 4.79 Å². The molecular formula is C19H19N3O2. The number of carbonyl (C=O) groups excluding carboxylic acids is 1. The molecule has 0 atom stereocenters. The van der Waals surface area contributed by atoms with E-state index in [1.807, 2.05) is 55.5 Å². The second-order valence-corrected chi connectivity index (χ2v) is 5.36. The summed E-state index contributed by atoms with van der Waals surface area (Å²) in [5, 5.41) is 4.62. The van der Waals surface area contributed by atoms with Crippen LogP contribution in [-0.4, -0.2) is 27.3 Å². The van der Waals surface area contributed by atoms with Gasteiger partial charge in [0.15, 0.2) is 5.82 Å². The van der Waals surface area contributed by atoms with Crippen LogP contribution < -0.4 is 0 Å². The number of aryl methyl sites for hydroxylation is 1. The molecule has 5 heteroatoms. The fourth-order valence-electron chi connectivity index (χ4n) is 2.66. The van der Waals surface area contributed by atoms with Crippen LogP contribution in [0.15, 0.2) is 54.7 Å². The van der Waals surface area contributed by atoms with Crippen molar-refractivity contribution in [3.8, 4) is 17.1 Å². The minimum Gasteiger partial charge on any atom is -0.466 e. The molecule has 3 aromatic rings. The summed E-state index contributed by atoms with van der Waals surface area (Å²) in [6.45, 7) is 4.08. The summed E-state index contributed by atoms with van der Waals surface area (Å²) in [4.78, 5) is 16.4. The van der Waals surface area contributed by atoms with Gasteiger partial charge in [0.25, 0.3) is 0 Å². The van der Waals surface area contributed by atoms with Gasteiger partial charge in [0.2, 0.25) is 0 Å². The van der Waals surface area contributed by atoms with E-state index in [0.29, 0.717) is 6.61 Å². The Morgan fingerprint density at radius 3 is 2.54 bits per heavy atom. The number of ether oxygens (including phenoxy) is 1. The molecule has 0 saturated carbocycles. The van der Waals surface area contributed by atoms with E-state index >= 15 is 0 Å². The van der Waals surface area contributed by atoms with E-state index in [2.05, 4.69) is 10.1 Å². The van der Waals surface area contributed by atoms with E-state index in [1.165, 1.54) is 0 Å². The Morgan fingerprint density at radius 2 is 1.88 bits per heavy atom. The summed E-state index contributed by atoms with van der Waals surface area (Å²) < 4.78 is 6.91. The summed E-state index contributed by atoms with van der Waals surface area (Å²) in [5.41, 5.74) is 3.53. The van der Waals surface area contributed by atoms with Gasteiger partial charge in [0.05, 0.1) is 24.4 Å². The number of rotatable bonds is 5. The van der Waals surface area contributed by atoms with E-state index in [0.717, 1.165) is 28.3 Å². The first kappa shape index (κ1) is 15.9. The van der Waals surface area contributed by atoms with Gasteiger partial charge in [-0.05, 0) is 26.0 Å². The van der Waals surface area contributed by atoms with Crippen molar-refractivity contribution in [1.82, 2.24) is 14.8 Å². The molecule has 122 valence electrons. The minimum atomic E-state index is -0.252. The second-order valence-electron chi connectivity index (χ2n) is 5.36. The van der Waals surface area contributed by atoms with Crippen LogP contribution in [0.2, 0.25) is 0 Å². The number of aromatic nitrogens is 3. The van der Waals surface area contributed by atoms with E-state index in [1.54, 1.807) is 17.8 Å². The van der Waals surface area contributed by atoms with Crippen LogP contribution in [0.5, 0.6) is 0 Å². The molecule has 2 aromatic heterocycles. The normalized spacial score (nSPS) is 10.6. The molecule has 0 bridgehead atoms. The smallest absolute Gasteiger partial charge is 0.310 e. The zero-order valence-corrected chi connectivity index (χ0v) is 13.8. The molecule has 0 fully saturated rings. The Hall–Kier alpha value is -2.95. The summed E-state index contributed by atoms with van der Waals surface area (Å²) in [6, 6.07) is 15.6. The zero-order valence-electron chi connectivity index (χ0n) is 13.8. The third-order valence-corrected chi connectivity index (χ3v) is 3.72. The highest BCUT2D eigenvalue weighted by molar-refractivity contribution is 5.78. The highest BCUT2D eigenvalue weighted by Crippen LogP contribution is 2.29. The van der Waals surface area contributed by atoms with Crippen molar-refractivity contribution in [3.63, 3.8) is 0 Å². The first-order valence-electron chi connectivity index (χ1n) is 7.91. The minimum absolute atomic E-state index is 0.191. The van der Waals surface area contributed by atoms with Crippen molar-refractivity contribution in [2.45, 2.75) is 20.3 Å². The molecule has 0 aliphatic carbocycles. The first-order chi connectivity index (χ1) is 11.7. The fraction of sp³-hybridized carbons (Fsp3) is 0.211. The highest BCUT2D eigenvalue weighted by atomic mass is 16.5. The molecule has 3 rings (SSSR count). The summed E-state index contributed by atoms with van der Waals surface area (Å²) in [7, 11) is 0. The van der Waals surface area contributed by atoms with Crippen LogP contribution >= 0.6 is 0 Å². The number of nitrogens with zero attached hydrogens (tertiary/aromatic N) is 3. The number of benzene rings is 1.